The molecule has 3 atom stereocenters. The molecule has 1 aromatic rings. The van der Waals surface area contributed by atoms with Gasteiger partial charge >= 0.3 is 0 Å². The van der Waals surface area contributed by atoms with Crippen molar-refractivity contribution in [3.63, 3.8) is 0 Å². The largest absolute Gasteiger partial charge is 0.378 e. The predicted octanol–water partition coefficient (Wildman–Crippen LogP) is 3.17. The Balaban J connectivity index is 2.11. The first kappa shape index (κ1) is 13.3. The van der Waals surface area contributed by atoms with Gasteiger partial charge in [-0.15, -0.1) is 11.6 Å². The van der Waals surface area contributed by atoms with Crippen LogP contribution in [0.5, 0.6) is 0 Å². The Hall–Kier alpha value is -1.13. The summed E-state index contributed by atoms with van der Waals surface area (Å²) in [5.41, 5.74) is 0.844. The zero-order chi connectivity index (χ0) is 13.1. The van der Waals surface area contributed by atoms with Crippen LogP contribution in [-0.2, 0) is 11.2 Å². The number of hydrogen-bond acceptors (Lipinski definition) is 3. The van der Waals surface area contributed by atoms with Gasteiger partial charge in [0, 0.05) is 29.5 Å². The first-order chi connectivity index (χ1) is 8.59. The Labute approximate surface area is 111 Å². The van der Waals surface area contributed by atoms with Crippen molar-refractivity contribution >= 4 is 17.3 Å². The van der Waals surface area contributed by atoms with Gasteiger partial charge in [0.2, 0.25) is 0 Å². The van der Waals surface area contributed by atoms with Crippen molar-refractivity contribution in [2.45, 2.75) is 31.2 Å². The number of nitro benzene ring substituents is 1. The number of benzene rings is 1. The SMILES string of the molecule is CC1OCCC1C(Cl)Cc1ccccc1[N+](=O)[O-]. The first-order valence-corrected chi connectivity index (χ1v) is 6.51. The fourth-order valence-electron chi connectivity index (χ4n) is 2.45. The van der Waals surface area contributed by atoms with E-state index in [4.69, 9.17) is 16.3 Å². The lowest BCUT2D eigenvalue weighted by molar-refractivity contribution is -0.385. The van der Waals surface area contributed by atoms with Gasteiger partial charge in [-0.3, -0.25) is 10.1 Å². The molecule has 1 aliphatic rings. The standard InChI is InChI=1S/C13H16ClNO3/c1-9-11(6-7-18-9)12(14)8-10-4-2-3-5-13(10)15(16)17/h2-5,9,11-12H,6-8H2,1H3. The van der Waals surface area contributed by atoms with E-state index in [0.29, 0.717) is 12.0 Å². The van der Waals surface area contributed by atoms with Crippen molar-refractivity contribution < 1.29 is 9.66 Å². The second kappa shape index (κ2) is 5.67. The lowest BCUT2D eigenvalue weighted by Crippen LogP contribution is -2.24. The Morgan fingerprint density at radius 2 is 2.28 bits per heavy atom. The summed E-state index contributed by atoms with van der Waals surface area (Å²) in [6, 6.07) is 6.77. The number of para-hydroxylation sites is 1. The zero-order valence-corrected chi connectivity index (χ0v) is 11.0. The summed E-state index contributed by atoms with van der Waals surface area (Å²) in [5, 5.41) is 10.8. The van der Waals surface area contributed by atoms with E-state index in [1.807, 2.05) is 6.92 Å². The van der Waals surface area contributed by atoms with Gasteiger partial charge in [-0.05, 0) is 19.8 Å². The summed E-state index contributed by atoms with van der Waals surface area (Å²) in [5.74, 6) is 0.270. The maximum absolute atomic E-state index is 10.9. The molecular weight excluding hydrogens is 254 g/mol. The molecule has 2 rings (SSSR count). The molecule has 18 heavy (non-hydrogen) atoms. The monoisotopic (exact) mass is 269 g/mol. The fourth-order valence-corrected chi connectivity index (χ4v) is 2.94. The Morgan fingerprint density at radius 1 is 1.56 bits per heavy atom. The molecule has 0 saturated carbocycles. The van der Waals surface area contributed by atoms with E-state index in [2.05, 4.69) is 0 Å². The van der Waals surface area contributed by atoms with Gasteiger partial charge in [0.25, 0.3) is 5.69 Å². The molecule has 1 aliphatic heterocycles. The highest BCUT2D eigenvalue weighted by Gasteiger charge is 2.31. The Bertz CT molecular complexity index is 438. The minimum atomic E-state index is -0.354. The molecule has 0 spiro atoms. The summed E-state index contributed by atoms with van der Waals surface area (Å²) in [4.78, 5) is 10.6. The smallest absolute Gasteiger partial charge is 0.272 e. The highest BCUT2D eigenvalue weighted by atomic mass is 35.5. The Morgan fingerprint density at radius 3 is 2.89 bits per heavy atom. The average Bonchev–Trinajstić information content (AvgIpc) is 2.76. The second-order valence-electron chi connectivity index (χ2n) is 4.63. The van der Waals surface area contributed by atoms with Crippen molar-refractivity contribution in [1.29, 1.82) is 0 Å². The number of nitro groups is 1. The van der Waals surface area contributed by atoms with Gasteiger partial charge in [0.15, 0.2) is 0 Å². The van der Waals surface area contributed by atoms with Gasteiger partial charge in [0.1, 0.15) is 0 Å². The van der Waals surface area contributed by atoms with Crippen LogP contribution in [0.15, 0.2) is 24.3 Å². The molecule has 98 valence electrons. The summed E-state index contributed by atoms with van der Waals surface area (Å²) < 4.78 is 5.48. The lowest BCUT2D eigenvalue weighted by Gasteiger charge is -2.20. The van der Waals surface area contributed by atoms with E-state index in [9.17, 15) is 10.1 Å². The van der Waals surface area contributed by atoms with Crippen molar-refractivity contribution in [3.8, 4) is 0 Å². The molecule has 0 bridgehead atoms. The number of hydrogen-bond donors (Lipinski definition) is 0. The molecule has 3 unspecified atom stereocenters. The van der Waals surface area contributed by atoms with E-state index >= 15 is 0 Å². The minimum absolute atomic E-state index is 0.122. The van der Waals surface area contributed by atoms with Gasteiger partial charge < -0.3 is 4.74 Å². The van der Waals surface area contributed by atoms with Crippen molar-refractivity contribution in [1.82, 2.24) is 0 Å². The van der Waals surface area contributed by atoms with Crippen LogP contribution < -0.4 is 0 Å². The molecule has 4 nitrogen and oxygen atoms in total. The van der Waals surface area contributed by atoms with E-state index in [0.717, 1.165) is 13.0 Å². The molecule has 0 radical (unpaired) electrons. The van der Waals surface area contributed by atoms with Gasteiger partial charge in [-0.2, -0.15) is 0 Å². The molecule has 1 saturated heterocycles. The van der Waals surface area contributed by atoms with Crippen LogP contribution in [0.1, 0.15) is 18.9 Å². The maximum Gasteiger partial charge on any atom is 0.272 e. The van der Waals surface area contributed by atoms with Crippen LogP contribution in [-0.4, -0.2) is 23.0 Å². The van der Waals surface area contributed by atoms with Gasteiger partial charge in [-0.1, -0.05) is 18.2 Å². The van der Waals surface area contributed by atoms with E-state index < -0.39 is 0 Å². The molecular formula is C13H16ClNO3. The quantitative estimate of drug-likeness (QED) is 0.479. The fraction of sp³-hybridized carbons (Fsp3) is 0.538. The molecule has 1 heterocycles. The predicted molar refractivity (Wildman–Crippen MR) is 70.0 cm³/mol. The second-order valence-corrected chi connectivity index (χ2v) is 5.19. The van der Waals surface area contributed by atoms with Crippen LogP contribution in [0.25, 0.3) is 0 Å². The molecule has 0 aliphatic carbocycles. The molecule has 0 amide bonds. The van der Waals surface area contributed by atoms with Crippen molar-refractivity contribution in [3.05, 3.63) is 39.9 Å². The number of halogens is 1. The third-order valence-electron chi connectivity index (χ3n) is 3.50. The summed E-state index contributed by atoms with van der Waals surface area (Å²) in [6.07, 6.45) is 1.57. The highest BCUT2D eigenvalue weighted by molar-refractivity contribution is 6.21. The summed E-state index contributed by atoms with van der Waals surface area (Å²) >= 11 is 6.39. The molecule has 5 heteroatoms. The summed E-state index contributed by atoms with van der Waals surface area (Å²) in [6.45, 7) is 2.73. The van der Waals surface area contributed by atoms with Crippen LogP contribution in [0.4, 0.5) is 5.69 Å². The van der Waals surface area contributed by atoms with Crippen molar-refractivity contribution in [2.75, 3.05) is 6.61 Å². The first-order valence-electron chi connectivity index (χ1n) is 6.07. The number of alkyl halides is 1. The number of nitrogens with zero attached hydrogens (tertiary/aromatic N) is 1. The third kappa shape index (κ3) is 2.82. The van der Waals surface area contributed by atoms with Crippen LogP contribution in [0.3, 0.4) is 0 Å². The molecule has 0 N–H and O–H groups in total. The normalized spacial score (nSPS) is 25.0. The summed E-state index contributed by atoms with van der Waals surface area (Å²) in [7, 11) is 0. The number of rotatable bonds is 4. The van der Waals surface area contributed by atoms with Gasteiger partial charge in [0.05, 0.1) is 11.0 Å². The number of ether oxygens (including phenoxy) is 1. The maximum atomic E-state index is 10.9. The third-order valence-corrected chi connectivity index (χ3v) is 3.98. The van der Waals surface area contributed by atoms with Crippen molar-refractivity contribution in [2.24, 2.45) is 5.92 Å². The van der Waals surface area contributed by atoms with Gasteiger partial charge in [-0.25, -0.2) is 0 Å². The van der Waals surface area contributed by atoms with E-state index in [-0.39, 0.29) is 28.0 Å². The molecule has 1 fully saturated rings. The average molecular weight is 270 g/mol. The minimum Gasteiger partial charge on any atom is -0.378 e. The van der Waals surface area contributed by atoms with Crippen LogP contribution in [0.2, 0.25) is 0 Å². The molecule has 1 aromatic carbocycles. The zero-order valence-electron chi connectivity index (χ0n) is 10.2. The topological polar surface area (TPSA) is 52.4 Å². The van der Waals surface area contributed by atoms with Crippen LogP contribution in [0, 0.1) is 16.0 Å². The lowest BCUT2D eigenvalue weighted by atomic mass is 9.93. The Kier molecular flexibility index (Phi) is 4.19. The van der Waals surface area contributed by atoms with Crippen LogP contribution >= 0.6 is 11.6 Å². The van der Waals surface area contributed by atoms with E-state index in [1.54, 1.807) is 18.2 Å². The highest BCUT2D eigenvalue weighted by Crippen LogP contribution is 2.31. The van der Waals surface area contributed by atoms with E-state index in [1.165, 1.54) is 6.07 Å². The molecule has 0 aromatic heterocycles.